The van der Waals surface area contributed by atoms with Gasteiger partial charge in [-0.15, -0.1) is 0 Å². The van der Waals surface area contributed by atoms with Gasteiger partial charge in [-0.05, 0) is 41.8 Å². The molecule has 3 aliphatic rings. The number of aliphatic hydroxyl groups excluding tert-OH is 1. The van der Waals surface area contributed by atoms with E-state index in [9.17, 15) is 10.4 Å². The van der Waals surface area contributed by atoms with Crippen LogP contribution in [0.2, 0.25) is 0 Å². The van der Waals surface area contributed by atoms with Crippen LogP contribution in [0.3, 0.4) is 0 Å². The smallest absolute Gasteiger partial charge is 0.212 e. The number of H-pyrrole nitrogens is 1. The first-order valence-electron chi connectivity index (χ1n) is 11.3. The van der Waals surface area contributed by atoms with Crippen LogP contribution in [0, 0.1) is 23.0 Å². The van der Waals surface area contributed by atoms with E-state index in [-0.39, 0.29) is 41.4 Å². The summed E-state index contributed by atoms with van der Waals surface area (Å²) >= 11 is 0. The van der Waals surface area contributed by atoms with Crippen LogP contribution in [0.15, 0.2) is 30.3 Å². The summed E-state index contributed by atoms with van der Waals surface area (Å²) in [5.41, 5.74) is 1.92. The van der Waals surface area contributed by atoms with Crippen LogP contribution in [0.5, 0.6) is 5.88 Å². The first-order chi connectivity index (χ1) is 17.0. The summed E-state index contributed by atoms with van der Waals surface area (Å²) in [5, 5.41) is 19.7. The molecule has 6 rings (SSSR count). The van der Waals surface area contributed by atoms with Crippen molar-refractivity contribution in [2.45, 2.75) is 30.8 Å². The molecule has 0 unspecified atom stereocenters. The molecule has 0 aliphatic carbocycles. The van der Waals surface area contributed by atoms with E-state index < -0.39 is 36.1 Å². The molecule has 3 aliphatic heterocycles. The molecule has 8 nitrogen and oxygen atoms in total. The summed E-state index contributed by atoms with van der Waals surface area (Å²) in [6, 6.07) is 7.75. The number of nitrogens with zero attached hydrogens (tertiary/aromatic N) is 2. The van der Waals surface area contributed by atoms with Crippen LogP contribution < -0.4 is 4.74 Å². The number of rotatable bonds is 4. The molecule has 2 N–H and O–H groups in total. The molecule has 0 amide bonds. The lowest BCUT2D eigenvalue weighted by Crippen LogP contribution is -2.34. The van der Waals surface area contributed by atoms with Gasteiger partial charge < -0.3 is 29.0 Å². The third kappa shape index (κ3) is 3.77. The average Bonchev–Trinajstić information content (AvgIpc) is 3.54. The van der Waals surface area contributed by atoms with Crippen LogP contribution in [-0.4, -0.2) is 65.9 Å². The third-order valence-electron chi connectivity index (χ3n) is 6.60. The molecule has 0 saturated carbocycles. The van der Waals surface area contributed by atoms with Gasteiger partial charge in [0, 0.05) is 0 Å². The second-order valence-electron chi connectivity index (χ2n) is 8.72. The number of benzene rings is 1. The monoisotopic (exact) mass is 481 g/mol. The Kier molecular flexibility index (Phi) is 5.50. The fourth-order valence-corrected chi connectivity index (χ4v) is 4.86. The van der Waals surface area contributed by atoms with Gasteiger partial charge in [0.15, 0.2) is 6.10 Å². The summed E-state index contributed by atoms with van der Waals surface area (Å²) in [7, 11) is 0. The second kappa shape index (κ2) is 8.70. The van der Waals surface area contributed by atoms with Crippen molar-refractivity contribution in [3.05, 3.63) is 53.1 Å². The van der Waals surface area contributed by atoms with E-state index in [2.05, 4.69) is 16.0 Å². The van der Waals surface area contributed by atoms with Crippen LogP contribution in [0.4, 0.5) is 8.78 Å². The number of ether oxygens (including phenoxy) is 4. The molecular weight excluding hydrogens is 460 g/mol. The molecule has 0 radical (unpaired) electrons. The Labute approximate surface area is 198 Å². The average molecular weight is 481 g/mol. The standard InChI is InChI=1S/C25H21F2N3O5/c26-15-7-13(12-3-5-32-6-4-12)8-16(27)21(15)17-1-2-18-22(29-17)14(9-28)25(30-18)35-20-11-34-23-19(31)10-33-24(20)23/h1-3,7-8,19-20,23-24,30-31H,4-6,10-11H2/t19-,20-,23-,24-/m1/s1. The van der Waals surface area contributed by atoms with E-state index in [1.165, 1.54) is 18.2 Å². The minimum atomic E-state index is -0.740. The zero-order valence-electron chi connectivity index (χ0n) is 18.5. The minimum absolute atomic E-state index is 0.0635. The molecular formula is C25H21F2N3O5. The predicted molar refractivity (Wildman–Crippen MR) is 119 cm³/mol. The summed E-state index contributed by atoms with van der Waals surface area (Å²) in [5.74, 6) is -1.32. The van der Waals surface area contributed by atoms with Crippen LogP contribution >= 0.6 is 0 Å². The highest BCUT2D eigenvalue weighted by molar-refractivity contribution is 5.87. The maximum absolute atomic E-state index is 15.1. The number of aromatic nitrogens is 2. The fourth-order valence-electron chi connectivity index (χ4n) is 4.86. The normalized spacial score (nSPS) is 25.9. The first-order valence-corrected chi connectivity index (χ1v) is 11.3. The molecule has 0 bridgehead atoms. The van der Waals surface area contributed by atoms with Crippen molar-refractivity contribution in [3.63, 3.8) is 0 Å². The second-order valence-corrected chi connectivity index (χ2v) is 8.72. The van der Waals surface area contributed by atoms with Crippen LogP contribution in [-0.2, 0) is 14.2 Å². The third-order valence-corrected chi connectivity index (χ3v) is 6.60. The van der Waals surface area contributed by atoms with Gasteiger partial charge in [0.1, 0.15) is 47.1 Å². The number of fused-ring (bicyclic) bond motifs is 2. The Hall–Kier alpha value is -3.36. The molecule has 2 saturated heterocycles. The Morgan fingerprint density at radius 2 is 1.94 bits per heavy atom. The number of hydrogen-bond acceptors (Lipinski definition) is 7. The molecule has 1 aromatic carbocycles. The van der Waals surface area contributed by atoms with Crippen molar-refractivity contribution in [3.8, 4) is 23.2 Å². The summed E-state index contributed by atoms with van der Waals surface area (Å²) in [4.78, 5) is 7.41. The lowest BCUT2D eigenvalue weighted by Gasteiger charge is -2.16. The van der Waals surface area contributed by atoms with E-state index in [4.69, 9.17) is 18.9 Å². The summed E-state index contributed by atoms with van der Waals surface area (Å²) < 4.78 is 52.6. The van der Waals surface area contributed by atoms with E-state index in [0.29, 0.717) is 30.7 Å². The van der Waals surface area contributed by atoms with Gasteiger partial charge >= 0.3 is 0 Å². The molecule has 5 heterocycles. The molecule has 4 atom stereocenters. The summed E-state index contributed by atoms with van der Waals surface area (Å²) in [6.07, 6.45) is 0.201. The highest BCUT2D eigenvalue weighted by atomic mass is 19.1. The maximum atomic E-state index is 15.1. The van der Waals surface area contributed by atoms with Gasteiger partial charge in [0.05, 0.1) is 43.2 Å². The van der Waals surface area contributed by atoms with Crippen molar-refractivity contribution in [2.75, 3.05) is 26.4 Å². The lowest BCUT2D eigenvalue weighted by atomic mass is 9.98. The minimum Gasteiger partial charge on any atom is -0.469 e. The highest BCUT2D eigenvalue weighted by Crippen LogP contribution is 2.35. The molecule has 2 fully saturated rings. The SMILES string of the molecule is N#Cc1c(O[C@@H]2CO[C@H]3[C@@H]2OC[C@H]3O)[nH]c2ccc(-c3c(F)cc(C4=CCOCC4)cc3F)nc12. The largest absolute Gasteiger partial charge is 0.469 e. The molecule has 10 heteroatoms. The van der Waals surface area contributed by atoms with Crippen molar-refractivity contribution in [1.82, 2.24) is 9.97 Å². The van der Waals surface area contributed by atoms with E-state index >= 15 is 8.78 Å². The summed E-state index contributed by atoms with van der Waals surface area (Å²) in [6.45, 7) is 1.26. The fraction of sp³-hybridized carbons (Fsp3) is 0.360. The number of hydrogen-bond donors (Lipinski definition) is 2. The van der Waals surface area contributed by atoms with Crippen molar-refractivity contribution in [2.24, 2.45) is 0 Å². The zero-order chi connectivity index (χ0) is 24.1. The van der Waals surface area contributed by atoms with Crippen LogP contribution in [0.1, 0.15) is 17.5 Å². The first kappa shape index (κ1) is 22.1. The molecule has 2 aromatic heterocycles. The van der Waals surface area contributed by atoms with Gasteiger partial charge in [-0.25, -0.2) is 13.8 Å². The van der Waals surface area contributed by atoms with Gasteiger partial charge in [-0.1, -0.05) is 6.08 Å². The van der Waals surface area contributed by atoms with E-state index in [1.807, 2.05) is 6.08 Å². The van der Waals surface area contributed by atoms with Crippen molar-refractivity contribution >= 4 is 16.6 Å². The maximum Gasteiger partial charge on any atom is 0.212 e. The molecule has 180 valence electrons. The van der Waals surface area contributed by atoms with Gasteiger partial charge in [0.2, 0.25) is 5.88 Å². The molecule has 0 spiro atoms. The lowest BCUT2D eigenvalue weighted by molar-refractivity contribution is 0.00789. The highest BCUT2D eigenvalue weighted by Gasteiger charge is 2.48. The van der Waals surface area contributed by atoms with Crippen molar-refractivity contribution < 1.29 is 32.8 Å². The number of pyridine rings is 1. The number of aromatic amines is 1. The number of nitrogens with one attached hydrogen (secondary N) is 1. The number of halogens is 2. The quantitative estimate of drug-likeness (QED) is 0.589. The van der Waals surface area contributed by atoms with Gasteiger partial charge in [-0.2, -0.15) is 5.26 Å². The number of nitriles is 1. The Balaban J connectivity index is 1.34. The number of aliphatic hydroxyl groups is 1. The van der Waals surface area contributed by atoms with E-state index in [1.54, 1.807) is 6.07 Å². The molecule has 3 aromatic rings. The Bertz CT molecular complexity index is 1360. The van der Waals surface area contributed by atoms with Crippen molar-refractivity contribution in [1.29, 1.82) is 5.26 Å². The molecule has 35 heavy (non-hydrogen) atoms. The van der Waals surface area contributed by atoms with Gasteiger partial charge in [-0.3, -0.25) is 0 Å². The Morgan fingerprint density at radius 3 is 2.69 bits per heavy atom. The van der Waals surface area contributed by atoms with Gasteiger partial charge in [0.25, 0.3) is 0 Å². The predicted octanol–water partition coefficient (Wildman–Crippen LogP) is 3.09. The topological polar surface area (TPSA) is 110 Å². The van der Waals surface area contributed by atoms with Crippen LogP contribution in [0.25, 0.3) is 27.9 Å². The zero-order valence-corrected chi connectivity index (χ0v) is 18.5. The Morgan fingerprint density at radius 1 is 1.14 bits per heavy atom. The van der Waals surface area contributed by atoms with E-state index in [0.717, 1.165) is 5.57 Å².